The number of aromatic nitrogens is 4. The number of aliphatic hydroxyl groups excluding tert-OH is 1. The van der Waals surface area contributed by atoms with E-state index in [4.69, 9.17) is 4.52 Å². The Morgan fingerprint density at radius 1 is 1.39 bits per heavy atom. The smallest absolute Gasteiger partial charge is 0.273 e. The quantitative estimate of drug-likeness (QED) is 0.654. The van der Waals surface area contributed by atoms with E-state index in [0.29, 0.717) is 30.7 Å². The highest BCUT2D eigenvalue weighted by Gasteiger charge is 2.18. The van der Waals surface area contributed by atoms with Gasteiger partial charge in [-0.15, -0.1) is 10.2 Å². The van der Waals surface area contributed by atoms with Gasteiger partial charge in [-0.1, -0.05) is 11.2 Å². The Morgan fingerprint density at radius 2 is 2.26 bits per heavy atom. The summed E-state index contributed by atoms with van der Waals surface area (Å²) >= 11 is 0. The van der Waals surface area contributed by atoms with Crippen LogP contribution >= 0.6 is 0 Å². The number of fused-ring (bicyclic) bond motifs is 1. The van der Waals surface area contributed by atoms with Crippen LogP contribution in [0.2, 0.25) is 0 Å². The molecule has 0 radical (unpaired) electrons. The third kappa shape index (κ3) is 3.07. The molecule has 0 atom stereocenters. The van der Waals surface area contributed by atoms with Crippen molar-refractivity contribution in [3.63, 3.8) is 0 Å². The number of carbonyl (C=O) groups excluding carboxylic acids is 1. The summed E-state index contributed by atoms with van der Waals surface area (Å²) in [6, 6.07) is 5.72. The van der Waals surface area contributed by atoms with Gasteiger partial charge >= 0.3 is 0 Å². The molecule has 3 rings (SSSR count). The first-order valence-corrected chi connectivity index (χ1v) is 7.33. The second kappa shape index (κ2) is 6.57. The lowest BCUT2D eigenvalue weighted by molar-refractivity contribution is 0.0941. The number of aryl methyl sites for hydroxylation is 2. The zero-order chi connectivity index (χ0) is 16.2. The van der Waals surface area contributed by atoms with Gasteiger partial charge in [0.25, 0.3) is 5.91 Å². The predicted octanol–water partition coefficient (Wildman–Crippen LogP) is 0.881. The molecule has 120 valence electrons. The van der Waals surface area contributed by atoms with E-state index in [-0.39, 0.29) is 18.2 Å². The molecule has 0 spiro atoms. The average Bonchev–Trinajstić information content (AvgIpc) is 3.15. The van der Waals surface area contributed by atoms with Crippen molar-refractivity contribution in [2.45, 2.75) is 26.4 Å². The molecule has 3 aromatic rings. The molecule has 0 aliphatic carbocycles. The van der Waals surface area contributed by atoms with Gasteiger partial charge in [-0.25, -0.2) is 0 Å². The molecule has 0 fully saturated rings. The maximum Gasteiger partial charge on any atom is 0.273 e. The molecule has 1 amide bonds. The molecule has 0 bridgehead atoms. The Balaban J connectivity index is 1.54. The number of nitrogens with one attached hydrogen (secondary N) is 1. The summed E-state index contributed by atoms with van der Waals surface area (Å²) in [5, 5.41) is 23.9. The van der Waals surface area contributed by atoms with Crippen molar-refractivity contribution in [1.29, 1.82) is 0 Å². The highest BCUT2D eigenvalue weighted by Crippen LogP contribution is 2.13. The molecule has 8 heteroatoms. The maximum absolute atomic E-state index is 12.0. The summed E-state index contributed by atoms with van der Waals surface area (Å²) in [5.41, 5.74) is 1.36. The fourth-order valence-corrected chi connectivity index (χ4v) is 2.35. The number of carbonyl (C=O) groups is 1. The number of nitrogens with zero attached hydrogens (tertiary/aromatic N) is 4. The molecule has 0 saturated carbocycles. The zero-order valence-corrected chi connectivity index (χ0v) is 12.7. The minimum Gasteiger partial charge on any atom is -0.391 e. The first-order chi connectivity index (χ1) is 11.2. The lowest BCUT2D eigenvalue weighted by Gasteiger charge is -2.03. The largest absolute Gasteiger partial charge is 0.391 e. The van der Waals surface area contributed by atoms with E-state index >= 15 is 0 Å². The molecule has 0 aliphatic rings. The fraction of sp³-hybridized carbons (Fsp3) is 0.333. The Kier molecular flexibility index (Phi) is 4.33. The molecule has 0 saturated heterocycles. The van der Waals surface area contributed by atoms with E-state index in [9.17, 15) is 9.90 Å². The van der Waals surface area contributed by atoms with Gasteiger partial charge in [0.2, 0.25) is 0 Å². The number of hydrogen-bond acceptors (Lipinski definition) is 6. The maximum atomic E-state index is 12.0. The van der Waals surface area contributed by atoms with Crippen LogP contribution in [-0.2, 0) is 13.0 Å². The molecule has 0 aliphatic heterocycles. The monoisotopic (exact) mass is 315 g/mol. The third-order valence-corrected chi connectivity index (χ3v) is 3.60. The first kappa shape index (κ1) is 15.2. The molecular weight excluding hydrogens is 298 g/mol. The fourth-order valence-electron chi connectivity index (χ4n) is 2.35. The van der Waals surface area contributed by atoms with Crippen molar-refractivity contribution in [2.24, 2.45) is 0 Å². The van der Waals surface area contributed by atoms with Gasteiger partial charge in [0, 0.05) is 19.2 Å². The van der Waals surface area contributed by atoms with Crippen molar-refractivity contribution in [2.75, 3.05) is 6.54 Å². The lowest BCUT2D eigenvalue weighted by atomic mass is 10.2. The van der Waals surface area contributed by atoms with Crippen molar-refractivity contribution >= 4 is 11.6 Å². The molecular formula is C15H17N5O3. The topological polar surface area (TPSA) is 106 Å². The van der Waals surface area contributed by atoms with Crippen LogP contribution in [0.5, 0.6) is 0 Å². The van der Waals surface area contributed by atoms with Crippen LogP contribution in [0.25, 0.3) is 5.65 Å². The molecule has 2 N–H and O–H groups in total. The lowest BCUT2D eigenvalue weighted by Crippen LogP contribution is -2.26. The summed E-state index contributed by atoms with van der Waals surface area (Å²) in [6.07, 6.45) is 3.32. The van der Waals surface area contributed by atoms with Gasteiger partial charge in [0.1, 0.15) is 11.6 Å². The Morgan fingerprint density at radius 3 is 3.09 bits per heavy atom. The minimum absolute atomic E-state index is 0.137. The van der Waals surface area contributed by atoms with Crippen LogP contribution in [0.4, 0.5) is 0 Å². The second-order valence-corrected chi connectivity index (χ2v) is 5.13. The third-order valence-electron chi connectivity index (χ3n) is 3.60. The van der Waals surface area contributed by atoms with Gasteiger partial charge in [-0.05, 0) is 25.5 Å². The molecule has 8 nitrogen and oxygen atoms in total. The highest BCUT2D eigenvalue weighted by atomic mass is 16.5. The summed E-state index contributed by atoms with van der Waals surface area (Å²) in [5.74, 6) is 0.952. The van der Waals surface area contributed by atoms with E-state index in [0.717, 1.165) is 11.5 Å². The van der Waals surface area contributed by atoms with E-state index in [1.165, 1.54) is 0 Å². The van der Waals surface area contributed by atoms with Crippen LogP contribution in [0, 0.1) is 6.92 Å². The summed E-state index contributed by atoms with van der Waals surface area (Å²) in [7, 11) is 0. The van der Waals surface area contributed by atoms with Gasteiger partial charge in [-0.3, -0.25) is 9.20 Å². The Bertz CT molecular complexity index is 823. The summed E-state index contributed by atoms with van der Waals surface area (Å²) in [6.45, 7) is 1.85. The summed E-state index contributed by atoms with van der Waals surface area (Å²) < 4.78 is 6.85. The number of aliphatic hydroxyl groups is 1. The van der Waals surface area contributed by atoms with E-state index in [1.54, 1.807) is 6.92 Å². The standard InChI is InChI=1S/C15H17N5O3/c1-10-11(9-21)14(19-23-10)15(22)16-7-4-6-13-18-17-12-5-2-3-8-20(12)13/h2-3,5,8,21H,4,6-7,9H2,1H3,(H,16,22). The van der Waals surface area contributed by atoms with Crippen molar-refractivity contribution in [3.8, 4) is 0 Å². The van der Waals surface area contributed by atoms with E-state index in [2.05, 4.69) is 20.7 Å². The zero-order valence-electron chi connectivity index (χ0n) is 12.7. The number of hydrogen-bond donors (Lipinski definition) is 2. The van der Waals surface area contributed by atoms with Crippen molar-refractivity contribution in [1.82, 2.24) is 25.1 Å². The van der Waals surface area contributed by atoms with Crippen LogP contribution < -0.4 is 5.32 Å². The minimum atomic E-state index is -0.350. The average molecular weight is 315 g/mol. The summed E-state index contributed by atoms with van der Waals surface area (Å²) in [4.78, 5) is 12.0. The van der Waals surface area contributed by atoms with Gasteiger partial charge in [0.05, 0.1) is 12.2 Å². The Hall–Kier alpha value is -2.74. The number of rotatable bonds is 6. The molecule has 3 aromatic heterocycles. The van der Waals surface area contributed by atoms with E-state index < -0.39 is 0 Å². The predicted molar refractivity (Wildman–Crippen MR) is 80.8 cm³/mol. The van der Waals surface area contributed by atoms with Crippen LogP contribution in [-0.4, -0.2) is 37.3 Å². The second-order valence-electron chi connectivity index (χ2n) is 5.13. The van der Waals surface area contributed by atoms with Crippen LogP contribution in [0.3, 0.4) is 0 Å². The van der Waals surface area contributed by atoms with Gasteiger partial charge in [0.15, 0.2) is 11.3 Å². The van der Waals surface area contributed by atoms with Crippen molar-refractivity contribution in [3.05, 3.63) is 47.2 Å². The van der Waals surface area contributed by atoms with Crippen LogP contribution in [0.15, 0.2) is 28.9 Å². The molecule has 3 heterocycles. The van der Waals surface area contributed by atoms with Gasteiger partial charge < -0.3 is 14.9 Å². The molecule has 23 heavy (non-hydrogen) atoms. The first-order valence-electron chi connectivity index (χ1n) is 7.33. The SMILES string of the molecule is Cc1onc(C(=O)NCCCc2nnc3ccccn23)c1CO. The van der Waals surface area contributed by atoms with E-state index in [1.807, 2.05) is 28.8 Å². The number of pyridine rings is 1. The van der Waals surface area contributed by atoms with Crippen molar-refractivity contribution < 1.29 is 14.4 Å². The van der Waals surface area contributed by atoms with Gasteiger partial charge in [-0.2, -0.15) is 0 Å². The highest BCUT2D eigenvalue weighted by molar-refractivity contribution is 5.93. The number of amides is 1. The normalized spacial score (nSPS) is 11.0. The molecule has 0 aromatic carbocycles. The molecule has 0 unspecified atom stereocenters. The van der Waals surface area contributed by atoms with Crippen LogP contribution in [0.1, 0.15) is 34.1 Å². The Labute approximate surface area is 132 Å².